The highest BCUT2D eigenvalue weighted by molar-refractivity contribution is 5.82. The first kappa shape index (κ1) is 25.5. The van der Waals surface area contributed by atoms with Crippen molar-refractivity contribution in [2.24, 2.45) is 5.73 Å². The lowest BCUT2D eigenvalue weighted by Crippen LogP contribution is -2.48. The maximum atomic E-state index is 12.9. The number of amides is 2. The van der Waals surface area contributed by atoms with Gasteiger partial charge in [0.15, 0.2) is 5.82 Å². The van der Waals surface area contributed by atoms with Crippen molar-refractivity contribution in [1.29, 1.82) is 0 Å². The van der Waals surface area contributed by atoms with E-state index >= 15 is 0 Å². The molecule has 1 aromatic heterocycles. The fraction of sp³-hybridized carbons (Fsp3) is 0.333. The quantitative estimate of drug-likeness (QED) is 0.274. The number of benzene rings is 2. The van der Waals surface area contributed by atoms with E-state index in [0.717, 1.165) is 5.56 Å². The van der Waals surface area contributed by atoms with Crippen molar-refractivity contribution in [3.63, 3.8) is 0 Å². The molecule has 1 heterocycles. The van der Waals surface area contributed by atoms with Crippen LogP contribution in [-0.2, 0) is 24.2 Å². The Morgan fingerprint density at radius 1 is 1.03 bits per heavy atom. The SMILES string of the molecule is CCCN(Cc1nc(C(N)Cc2ccc(O)cc2)no1)C(=O)NC(Cc1ccc(O)cc1)C(=O)O. The van der Waals surface area contributed by atoms with Crippen LogP contribution in [0.5, 0.6) is 11.5 Å². The van der Waals surface area contributed by atoms with Crippen LogP contribution in [0.2, 0.25) is 0 Å². The van der Waals surface area contributed by atoms with Crippen LogP contribution in [0.1, 0.15) is 42.2 Å². The molecular weight excluding hydrogens is 454 g/mol. The van der Waals surface area contributed by atoms with Gasteiger partial charge in [0.1, 0.15) is 24.1 Å². The number of carbonyl (C=O) groups excluding carboxylic acids is 1. The minimum Gasteiger partial charge on any atom is -0.508 e. The molecule has 11 heteroatoms. The molecule has 3 aromatic rings. The van der Waals surface area contributed by atoms with Gasteiger partial charge in [0.05, 0.1) is 6.04 Å². The molecule has 11 nitrogen and oxygen atoms in total. The van der Waals surface area contributed by atoms with Gasteiger partial charge < -0.3 is 35.8 Å². The minimum atomic E-state index is -1.18. The third kappa shape index (κ3) is 7.44. The third-order valence-electron chi connectivity index (χ3n) is 5.29. The number of carbonyl (C=O) groups is 2. The van der Waals surface area contributed by atoms with Gasteiger partial charge in [0.25, 0.3) is 0 Å². The van der Waals surface area contributed by atoms with Crippen molar-refractivity contribution >= 4 is 12.0 Å². The first-order chi connectivity index (χ1) is 16.7. The predicted molar refractivity (Wildman–Crippen MR) is 126 cm³/mol. The van der Waals surface area contributed by atoms with Gasteiger partial charge in [0, 0.05) is 13.0 Å². The molecule has 2 amide bonds. The van der Waals surface area contributed by atoms with Gasteiger partial charge in [-0.3, -0.25) is 0 Å². The molecule has 0 saturated carbocycles. The Hall–Kier alpha value is -4.12. The average molecular weight is 484 g/mol. The van der Waals surface area contributed by atoms with E-state index in [-0.39, 0.29) is 36.2 Å². The van der Waals surface area contributed by atoms with Gasteiger partial charge in [-0.2, -0.15) is 4.98 Å². The second kappa shape index (κ2) is 11.8. The summed E-state index contributed by atoms with van der Waals surface area (Å²) in [4.78, 5) is 30.3. The van der Waals surface area contributed by atoms with Crippen molar-refractivity contribution in [3.05, 3.63) is 71.4 Å². The number of aliphatic carboxylic acids is 1. The van der Waals surface area contributed by atoms with Crippen molar-refractivity contribution in [1.82, 2.24) is 20.4 Å². The van der Waals surface area contributed by atoms with E-state index < -0.39 is 24.1 Å². The third-order valence-corrected chi connectivity index (χ3v) is 5.29. The molecule has 2 aromatic carbocycles. The normalized spacial score (nSPS) is 12.6. The van der Waals surface area contributed by atoms with Crippen LogP contribution in [0.3, 0.4) is 0 Å². The van der Waals surface area contributed by atoms with Gasteiger partial charge in [-0.25, -0.2) is 9.59 Å². The maximum Gasteiger partial charge on any atom is 0.326 e. The largest absolute Gasteiger partial charge is 0.508 e. The van der Waals surface area contributed by atoms with Gasteiger partial charge in [0.2, 0.25) is 5.89 Å². The topological polar surface area (TPSA) is 175 Å². The number of phenolic OH excluding ortho intramolecular Hbond substituents is 2. The highest BCUT2D eigenvalue weighted by atomic mass is 16.5. The van der Waals surface area contributed by atoms with Gasteiger partial charge >= 0.3 is 12.0 Å². The molecule has 0 aliphatic carbocycles. The lowest BCUT2D eigenvalue weighted by Gasteiger charge is -2.23. The molecule has 0 aliphatic rings. The molecule has 2 unspecified atom stereocenters. The van der Waals surface area contributed by atoms with Crippen molar-refractivity contribution in [3.8, 4) is 11.5 Å². The van der Waals surface area contributed by atoms with E-state index in [1.807, 2.05) is 6.92 Å². The molecule has 35 heavy (non-hydrogen) atoms. The predicted octanol–water partition coefficient (Wildman–Crippen LogP) is 2.34. The van der Waals surface area contributed by atoms with Crippen molar-refractivity contribution in [2.75, 3.05) is 6.54 Å². The summed E-state index contributed by atoms with van der Waals surface area (Å²) < 4.78 is 5.29. The standard InChI is InChI=1S/C24H29N5O6/c1-2-11-29(24(34)26-20(23(32)33)13-16-5-9-18(31)10-6-16)14-21-27-22(28-35-21)19(25)12-15-3-7-17(30)8-4-15/h3-10,19-20,30-31H,2,11-14,25H2,1H3,(H,26,34)(H,32,33). The Kier molecular flexibility index (Phi) is 8.63. The lowest BCUT2D eigenvalue weighted by atomic mass is 10.1. The molecule has 0 bridgehead atoms. The zero-order valence-corrected chi connectivity index (χ0v) is 19.3. The molecule has 6 N–H and O–H groups in total. The second-order valence-electron chi connectivity index (χ2n) is 8.16. The fourth-order valence-corrected chi connectivity index (χ4v) is 3.45. The Bertz CT molecular complexity index is 1120. The van der Waals surface area contributed by atoms with Crippen LogP contribution >= 0.6 is 0 Å². The van der Waals surface area contributed by atoms with Crippen LogP contribution in [0.25, 0.3) is 0 Å². The smallest absolute Gasteiger partial charge is 0.326 e. The summed E-state index contributed by atoms with van der Waals surface area (Å²) in [6.45, 7) is 2.22. The van der Waals surface area contributed by atoms with Crippen LogP contribution in [0.4, 0.5) is 4.79 Å². The number of carboxylic acids is 1. The number of phenols is 2. The van der Waals surface area contributed by atoms with Crippen molar-refractivity contribution in [2.45, 2.75) is 44.8 Å². The van der Waals surface area contributed by atoms with E-state index in [1.54, 1.807) is 36.4 Å². The number of nitrogens with two attached hydrogens (primary N) is 1. The molecule has 2 atom stereocenters. The van der Waals surface area contributed by atoms with Crippen molar-refractivity contribution < 1.29 is 29.4 Å². The van der Waals surface area contributed by atoms with Crippen LogP contribution < -0.4 is 11.1 Å². The summed E-state index contributed by atoms with van der Waals surface area (Å²) in [5, 5.41) is 34.9. The number of aromatic hydroxyl groups is 2. The number of aromatic nitrogens is 2. The fourth-order valence-electron chi connectivity index (χ4n) is 3.45. The Morgan fingerprint density at radius 2 is 1.60 bits per heavy atom. The number of hydrogen-bond donors (Lipinski definition) is 5. The van der Waals surface area contributed by atoms with Crippen LogP contribution in [0, 0.1) is 0 Å². The van der Waals surface area contributed by atoms with E-state index in [0.29, 0.717) is 24.9 Å². The van der Waals surface area contributed by atoms with Crippen LogP contribution in [-0.4, -0.2) is 54.9 Å². The van der Waals surface area contributed by atoms with E-state index in [4.69, 9.17) is 10.3 Å². The summed E-state index contributed by atoms with van der Waals surface area (Å²) in [7, 11) is 0. The Labute approximate surface area is 202 Å². The molecule has 0 spiro atoms. The molecule has 0 radical (unpaired) electrons. The summed E-state index contributed by atoms with van der Waals surface area (Å²) in [6.07, 6.45) is 1.11. The number of nitrogens with zero attached hydrogens (tertiary/aromatic N) is 3. The lowest BCUT2D eigenvalue weighted by molar-refractivity contribution is -0.139. The molecule has 3 rings (SSSR count). The molecule has 0 saturated heterocycles. The molecular formula is C24H29N5O6. The first-order valence-corrected chi connectivity index (χ1v) is 11.2. The van der Waals surface area contributed by atoms with E-state index in [1.165, 1.54) is 17.0 Å². The zero-order chi connectivity index (χ0) is 25.4. The number of nitrogens with one attached hydrogen (secondary N) is 1. The minimum absolute atomic E-state index is 0.00977. The van der Waals surface area contributed by atoms with Gasteiger partial charge in [-0.15, -0.1) is 0 Å². The Balaban J connectivity index is 1.63. The molecule has 186 valence electrons. The number of carboxylic acid groups (broad SMARTS) is 1. The number of urea groups is 1. The maximum absolute atomic E-state index is 12.9. The summed E-state index contributed by atoms with van der Waals surface area (Å²) >= 11 is 0. The van der Waals surface area contributed by atoms with Gasteiger partial charge in [-0.1, -0.05) is 36.3 Å². The summed E-state index contributed by atoms with van der Waals surface area (Å²) in [6, 6.07) is 10.5. The highest BCUT2D eigenvalue weighted by Gasteiger charge is 2.25. The van der Waals surface area contributed by atoms with Crippen LogP contribution in [0.15, 0.2) is 53.1 Å². The molecule has 0 aliphatic heterocycles. The number of rotatable bonds is 11. The number of hydrogen-bond acceptors (Lipinski definition) is 8. The zero-order valence-electron chi connectivity index (χ0n) is 19.3. The van der Waals surface area contributed by atoms with E-state index in [9.17, 15) is 24.9 Å². The summed E-state index contributed by atoms with van der Waals surface area (Å²) in [5.74, 6) is -0.494. The average Bonchev–Trinajstić information content (AvgIpc) is 3.30. The highest BCUT2D eigenvalue weighted by Crippen LogP contribution is 2.17. The first-order valence-electron chi connectivity index (χ1n) is 11.2. The monoisotopic (exact) mass is 483 g/mol. The second-order valence-corrected chi connectivity index (χ2v) is 8.16. The van der Waals surface area contributed by atoms with E-state index in [2.05, 4.69) is 15.5 Å². The Morgan fingerprint density at radius 3 is 2.14 bits per heavy atom. The molecule has 0 fully saturated rings. The van der Waals surface area contributed by atoms with Gasteiger partial charge in [-0.05, 0) is 48.2 Å². The summed E-state index contributed by atoms with van der Waals surface area (Å²) in [5.41, 5.74) is 7.73.